The number of methoxy groups -OCH3 is 1. The SMILES string of the molecule is COc1ccc(C(=O)NN=Cc2ccccc2OC(=O)c2ccc(Cl)cc2)cc1. The summed E-state index contributed by atoms with van der Waals surface area (Å²) in [5, 5.41) is 4.48. The van der Waals surface area contributed by atoms with Crippen LogP contribution in [0.2, 0.25) is 5.02 Å². The summed E-state index contributed by atoms with van der Waals surface area (Å²) in [4.78, 5) is 24.5. The van der Waals surface area contributed by atoms with Gasteiger partial charge in [0, 0.05) is 16.1 Å². The lowest BCUT2D eigenvalue weighted by Gasteiger charge is -2.07. The van der Waals surface area contributed by atoms with Crippen molar-refractivity contribution < 1.29 is 19.1 Å². The zero-order chi connectivity index (χ0) is 20.6. The normalized spacial score (nSPS) is 10.6. The molecule has 146 valence electrons. The molecular formula is C22H17ClN2O4. The molecule has 0 aromatic heterocycles. The number of hydrazone groups is 1. The lowest BCUT2D eigenvalue weighted by atomic mass is 10.2. The van der Waals surface area contributed by atoms with Gasteiger partial charge in [0.15, 0.2) is 0 Å². The summed E-state index contributed by atoms with van der Waals surface area (Å²) in [7, 11) is 1.55. The number of ether oxygens (including phenoxy) is 2. The highest BCUT2D eigenvalue weighted by molar-refractivity contribution is 6.30. The maximum atomic E-state index is 12.3. The average Bonchev–Trinajstić information content (AvgIpc) is 2.75. The summed E-state index contributed by atoms with van der Waals surface area (Å²) in [5.41, 5.74) is 3.78. The third kappa shape index (κ3) is 5.43. The van der Waals surface area contributed by atoms with Gasteiger partial charge in [-0.25, -0.2) is 10.2 Å². The fourth-order valence-electron chi connectivity index (χ4n) is 2.39. The van der Waals surface area contributed by atoms with Gasteiger partial charge in [0.1, 0.15) is 11.5 Å². The second-order valence-corrected chi connectivity index (χ2v) is 6.30. The molecule has 3 aromatic carbocycles. The minimum absolute atomic E-state index is 0.315. The highest BCUT2D eigenvalue weighted by Crippen LogP contribution is 2.18. The molecule has 0 aliphatic rings. The number of para-hydroxylation sites is 1. The van der Waals surface area contributed by atoms with Crippen molar-refractivity contribution in [3.63, 3.8) is 0 Å². The van der Waals surface area contributed by atoms with Gasteiger partial charge in [-0.3, -0.25) is 4.79 Å². The van der Waals surface area contributed by atoms with Crippen LogP contribution >= 0.6 is 11.6 Å². The third-order valence-electron chi connectivity index (χ3n) is 3.92. The minimum Gasteiger partial charge on any atom is -0.497 e. The van der Waals surface area contributed by atoms with Gasteiger partial charge in [0.05, 0.1) is 18.9 Å². The fraction of sp³-hybridized carbons (Fsp3) is 0.0455. The Morgan fingerprint density at radius 1 is 0.931 bits per heavy atom. The van der Waals surface area contributed by atoms with Crippen LogP contribution in [0.5, 0.6) is 11.5 Å². The van der Waals surface area contributed by atoms with E-state index < -0.39 is 5.97 Å². The molecular weight excluding hydrogens is 392 g/mol. The Kier molecular flexibility index (Phi) is 6.60. The first kappa shape index (κ1) is 20.1. The highest BCUT2D eigenvalue weighted by Gasteiger charge is 2.11. The van der Waals surface area contributed by atoms with Crippen LogP contribution in [0, 0.1) is 0 Å². The van der Waals surface area contributed by atoms with Crippen molar-refractivity contribution in [2.45, 2.75) is 0 Å². The maximum Gasteiger partial charge on any atom is 0.343 e. The molecule has 0 aliphatic heterocycles. The Hall–Kier alpha value is -3.64. The smallest absolute Gasteiger partial charge is 0.343 e. The predicted molar refractivity (Wildman–Crippen MR) is 111 cm³/mol. The molecule has 0 radical (unpaired) electrons. The van der Waals surface area contributed by atoms with Crippen molar-refractivity contribution in [1.82, 2.24) is 5.43 Å². The van der Waals surface area contributed by atoms with E-state index in [1.54, 1.807) is 79.9 Å². The number of benzene rings is 3. The first-order chi connectivity index (χ1) is 14.1. The van der Waals surface area contributed by atoms with Crippen molar-refractivity contribution in [2.24, 2.45) is 5.10 Å². The number of esters is 1. The molecule has 1 N–H and O–H groups in total. The second kappa shape index (κ2) is 9.52. The lowest BCUT2D eigenvalue weighted by molar-refractivity contribution is 0.0734. The Morgan fingerprint density at radius 2 is 1.59 bits per heavy atom. The van der Waals surface area contributed by atoms with Crippen LogP contribution < -0.4 is 14.9 Å². The van der Waals surface area contributed by atoms with Crippen LogP contribution in [-0.4, -0.2) is 25.2 Å². The van der Waals surface area contributed by atoms with E-state index in [0.29, 0.717) is 33.2 Å². The standard InChI is InChI=1S/C22H17ClN2O4/c1-28-19-12-8-15(9-13-19)21(26)25-24-14-17-4-2-3-5-20(17)29-22(27)16-6-10-18(23)11-7-16/h2-14H,1H3,(H,25,26). The first-order valence-corrected chi connectivity index (χ1v) is 8.99. The zero-order valence-electron chi connectivity index (χ0n) is 15.5. The van der Waals surface area contributed by atoms with Crippen LogP contribution in [0.3, 0.4) is 0 Å². The fourth-order valence-corrected chi connectivity index (χ4v) is 2.52. The van der Waals surface area contributed by atoms with E-state index >= 15 is 0 Å². The minimum atomic E-state index is -0.523. The predicted octanol–water partition coefficient (Wildman–Crippen LogP) is 4.33. The van der Waals surface area contributed by atoms with Gasteiger partial charge in [-0.1, -0.05) is 23.7 Å². The van der Waals surface area contributed by atoms with E-state index in [4.69, 9.17) is 21.1 Å². The topological polar surface area (TPSA) is 77.0 Å². The van der Waals surface area contributed by atoms with E-state index in [0.717, 1.165) is 0 Å². The highest BCUT2D eigenvalue weighted by atomic mass is 35.5. The molecule has 6 nitrogen and oxygen atoms in total. The molecule has 0 fully saturated rings. The van der Waals surface area contributed by atoms with E-state index in [-0.39, 0.29) is 5.91 Å². The molecule has 0 saturated heterocycles. The van der Waals surface area contributed by atoms with Gasteiger partial charge in [-0.2, -0.15) is 5.10 Å². The number of carbonyl (C=O) groups excluding carboxylic acids is 2. The van der Waals surface area contributed by atoms with Crippen LogP contribution in [0.25, 0.3) is 0 Å². The Labute approximate surface area is 172 Å². The molecule has 3 aromatic rings. The second-order valence-electron chi connectivity index (χ2n) is 5.86. The zero-order valence-corrected chi connectivity index (χ0v) is 16.2. The van der Waals surface area contributed by atoms with Crippen LogP contribution in [-0.2, 0) is 0 Å². The molecule has 0 heterocycles. The molecule has 1 amide bonds. The lowest BCUT2D eigenvalue weighted by Crippen LogP contribution is -2.17. The third-order valence-corrected chi connectivity index (χ3v) is 4.18. The average molecular weight is 409 g/mol. The summed E-state index contributed by atoms with van der Waals surface area (Å²) in [5.74, 6) is 0.0701. The molecule has 0 spiro atoms. The van der Waals surface area contributed by atoms with Gasteiger partial charge in [-0.05, 0) is 60.7 Å². The largest absolute Gasteiger partial charge is 0.497 e. The number of hydrogen-bond donors (Lipinski definition) is 1. The van der Waals surface area contributed by atoms with Gasteiger partial charge >= 0.3 is 5.97 Å². The monoisotopic (exact) mass is 408 g/mol. The van der Waals surface area contributed by atoms with Crippen molar-refractivity contribution in [3.05, 3.63) is 94.5 Å². The molecule has 0 saturated carbocycles. The van der Waals surface area contributed by atoms with Crippen molar-refractivity contribution in [2.75, 3.05) is 7.11 Å². The van der Waals surface area contributed by atoms with E-state index in [1.807, 2.05) is 0 Å². The number of amides is 1. The van der Waals surface area contributed by atoms with E-state index in [9.17, 15) is 9.59 Å². The van der Waals surface area contributed by atoms with E-state index in [1.165, 1.54) is 6.21 Å². The van der Waals surface area contributed by atoms with Gasteiger partial charge in [-0.15, -0.1) is 0 Å². The number of nitrogens with one attached hydrogen (secondary N) is 1. The van der Waals surface area contributed by atoms with Crippen LogP contribution in [0.4, 0.5) is 0 Å². The van der Waals surface area contributed by atoms with Crippen LogP contribution in [0.1, 0.15) is 26.3 Å². The van der Waals surface area contributed by atoms with Gasteiger partial charge in [0.25, 0.3) is 5.91 Å². The summed E-state index contributed by atoms with van der Waals surface area (Å²) in [6, 6.07) is 19.9. The van der Waals surface area contributed by atoms with Crippen molar-refractivity contribution in [1.29, 1.82) is 0 Å². The number of rotatable bonds is 6. The summed E-state index contributed by atoms with van der Waals surface area (Å²) in [6.07, 6.45) is 1.41. The van der Waals surface area contributed by atoms with Gasteiger partial charge in [0.2, 0.25) is 0 Å². The summed E-state index contributed by atoms with van der Waals surface area (Å²) >= 11 is 5.83. The number of nitrogens with zero attached hydrogens (tertiary/aromatic N) is 1. The van der Waals surface area contributed by atoms with Crippen molar-refractivity contribution in [3.8, 4) is 11.5 Å². The quantitative estimate of drug-likeness (QED) is 0.285. The number of carbonyl (C=O) groups is 2. The molecule has 0 bridgehead atoms. The number of halogens is 1. The molecule has 7 heteroatoms. The first-order valence-electron chi connectivity index (χ1n) is 8.61. The summed E-state index contributed by atoms with van der Waals surface area (Å²) in [6.45, 7) is 0. The Morgan fingerprint density at radius 3 is 2.28 bits per heavy atom. The Bertz CT molecular complexity index is 1030. The summed E-state index contributed by atoms with van der Waals surface area (Å²) < 4.78 is 10.5. The van der Waals surface area contributed by atoms with Crippen molar-refractivity contribution >= 4 is 29.7 Å². The number of hydrogen-bond acceptors (Lipinski definition) is 5. The maximum absolute atomic E-state index is 12.3. The molecule has 0 unspecified atom stereocenters. The molecule has 3 rings (SSSR count). The van der Waals surface area contributed by atoms with Gasteiger partial charge < -0.3 is 9.47 Å². The Balaban J connectivity index is 1.67. The van der Waals surface area contributed by atoms with Crippen LogP contribution in [0.15, 0.2) is 77.9 Å². The van der Waals surface area contributed by atoms with E-state index in [2.05, 4.69) is 10.5 Å². The molecule has 29 heavy (non-hydrogen) atoms. The molecule has 0 aliphatic carbocycles. The molecule has 0 atom stereocenters.